The molecule has 0 radical (unpaired) electrons. The number of anilines is 2. The van der Waals surface area contributed by atoms with E-state index in [0.29, 0.717) is 0 Å². The zero-order valence-electron chi connectivity index (χ0n) is 11.7. The van der Waals surface area contributed by atoms with Crippen molar-refractivity contribution in [2.75, 3.05) is 11.1 Å². The van der Waals surface area contributed by atoms with Gasteiger partial charge in [-0.15, -0.1) is 11.3 Å². The van der Waals surface area contributed by atoms with Crippen molar-refractivity contribution < 1.29 is 0 Å². The summed E-state index contributed by atoms with van der Waals surface area (Å²) in [5.41, 5.74) is 11.6. The van der Waals surface area contributed by atoms with Crippen molar-refractivity contribution >= 4 is 32.8 Å². The number of fused-ring (bicyclic) bond motifs is 1. The Bertz CT molecular complexity index is 742. The molecule has 0 bridgehead atoms. The molecule has 3 aromatic rings. The predicted octanol–water partition coefficient (Wildman–Crippen LogP) is 4.71. The first-order valence-electron chi connectivity index (χ1n) is 6.71. The maximum atomic E-state index is 5.71. The second-order valence-corrected chi connectivity index (χ2v) is 6.04. The Morgan fingerprint density at radius 1 is 1.10 bits per heavy atom. The summed E-state index contributed by atoms with van der Waals surface area (Å²) in [6.07, 6.45) is 0. The van der Waals surface area contributed by atoms with Crippen molar-refractivity contribution in [1.29, 1.82) is 0 Å². The quantitative estimate of drug-likeness (QED) is 0.683. The van der Waals surface area contributed by atoms with Crippen LogP contribution < -0.4 is 11.1 Å². The number of nitrogen functional groups attached to an aromatic ring is 1. The monoisotopic (exact) mass is 282 g/mol. The smallest absolute Gasteiger partial charge is 0.0400 e. The standard InChI is InChI=1S/C17H18N2S/c1-11-9-16(12(2)17-15(11)7-8-20-17)19-10-13-3-5-14(18)6-4-13/h3-9,19H,10,18H2,1-2H3. The molecule has 2 nitrogen and oxygen atoms in total. The number of thiophene rings is 1. The first-order valence-corrected chi connectivity index (χ1v) is 7.59. The number of nitrogens with one attached hydrogen (secondary N) is 1. The summed E-state index contributed by atoms with van der Waals surface area (Å²) >= 11 is 1.81. The highest BCUT2D eigenvalue weighted by Gasteiger charge is 2.07. The lowest BCUT2D eigenvalue weighted by Gasteiger charge is -2.12. The van der Waals surface area contributed by atoms with Crippen molar-refractivity contribution in [1.82, 2.24) is 0 Å². The molecule has 0 fully saturated rings. The summed E-state index contributed by atoms with van der Waals surface area (Å²) in [7, 11) is 0. The lowest BCUT2D eigenvalue weighted by Crippen LogP contribution is -2.01. The average Bonchev–Trinajstić information content (AvgIpc) is 2.93. The van der Waals surface area contributed by atoms with Gasteiger partial charge in [-0.2, -0.15) is 0 Å². The van der Waals surface area contributed by atoms with E-state index < -0.39 is 0 Å². The van der Waals surface area contributed by atoms with Crippen LogP contribution in [0.15, 0.2) is 41.8 Å². The lowest BCUT2D eigenvalue weighted by atomic mass is 10.1. The van der Waals surface area contributed by atoms with Crippen LogP contribution in [0.3, 0.4) is 0 Å². The van der Waals surface area contributed by atoms with E-state index in [4.69, 9.17) is 5.73 Å². The summed E-state index contributed by atoms with van der Waals surface area (Å²) in [4.78, 5) is 0. The van der Waals surface area contributed by atoms with Crippen molar-refractivity contribution in [3.8, 4) is 0 Å². The molecule has 0 spiro atoms. The third kappa shape index (κ3) is 2.37. The van der Waals surface area contributed by atoms with Crippen LogP contribution in [0.4, 0.5) is 11.4 Å². The van der Waals surface area contributed by atoms with Crippen LogP contribution in [-0.4, -0.2) is 0 Å². The molecule has 0 saturated heterocycles. The summed E-state index contributed by atoms with van der Waals surface area (Å²) in [6.45, 7) is 5.17. The van der Waals surface area contributed by atoms with Gasteiger partial charge in [0.15, 0.2) is 0 Å². The molecule has 102 valence electrons. The van der Waals surface area contributed by atoms with E-state index in [0.717, 1.165) is 12.2 Å². The van der Waals surface area contributed by atoms with Crippen LogP contribution >= 0.6 is 11.3 Å². The Labute approximate surface area is 123 Å². The number of hydrogen-bond acceptors (Lipinski definition) is 3. The topological polar surface area (TPSA) is 38.0 Å². The molecule has 0 aliphatic heterocycles. The van der Waals surface area contributed by atoms with E-state index in [1.807, 2.05) is 23.5 Å². The number of nitrogens with two attached hydrogens (primary N) is 1. The van der Waals surface area contributed by atoms with Crippen molar-refractivity contribution in [3.05, 3.63) is 58.5 Å². The van der Waals surface area contributed by atoms with Gasteiger partial charge < -0.3 is 11.1 Å². The summed E-state index contributed by atoms with van der Waals surface area (Å²) in [5, 5.41) is 7.06. The Balaban J connectivity index is 1.87. The Kier molecular flexibility index (Phi) is 3.36. The normalized spacial score (nSPS) is 10.9. The van der Waals surface area contributed by atoms with Crippen LogP contribution in [0, 0.1) is 13.8 Å². The van der Waals surface area contributed by atoms with Gasteiger partial charge in [0.05, 0.1) is 0 Å². The SMILES string of the molecule is Cc1cc(NCc2ccc(N)cc2)c(C)c2sccc12. The minimum atomic E-state index is 0.806. The molecule has 0 amide bonds. The fraction of sp³-hybridized carbons (Fsp3) is 0.176. The van der Waals surface area contributed by atoms with Gasteiger partial charge in [-0.1, -0.05) is 12.1 Å². The van der Waals surface area contributed by atoms with Gasteiger partial charge in [-0.25, -0.2) is 0 Å². The minimum absolute atomic E-state index is 0.806. The maximum Gasteiger partial charge on any atom is 0.0400 e. The zero-order valence-corrected chi connectivity index (χ0v) is 12.6. The maximum absolute atomic E-state index is 5.71. The van der Waals surface area contributed by atoms with Crippen LogP contribution in [0.1, 0.15) is 16.7 Å². The van der Waals surface area contributed by atoms with Crippen LogP contribution in [0.5, 0.6) is 0 Å². The highest BCUT2D eigenvalue weighted by molar-refractivity contribution is 7.17. The zero-order chi connectivity index (χ0) is 14.1. The van der Waals surface area contributed by atoms with Crippen LogP contribution in [0.25, 0.3) is 10.1 Å². The molecule has 0 unspecified atom stereocenters. The number of benzene rings is 2. The molecule has 3 N–H and O–H groups in total. The first kappa shape index (κ1) is 13.0. The van der Waals surface area contributed by atoms with Crippen molar-refractivity contribution in [3.63, 3.8) is 0 Å². The van der Waals surface area contributed by atoms with E-state index in [-0.39, 0.29) is 0 Å². The van der Waals surface area contributed by atoms with E-state index in [1.165, 1.54) is 32.5 Å². The molecule has 3 rings (SSSR count). The average molecular weight is 282 g/mol. The van der Waals surface area contributed by atoms with Gasteiger partial charge >= 0.3 is 0 Å². The number of aryl methyl sites for hydroxylation is 2. The summed E-state index contributed by atoms with van der Waals surface area (Å²) in [6, 6.07) is 12.4. The molecule has 0 atom stereocenters. The Hall–Kier alpha value is -2.00. The summed E-state index contributed by atoms with van der Waals surface area (Å²) in [5.74, 6) is 0. The molecular formula is C17H18N2S. The molecule has 0 saturated carbocycles. The second kappa shape index (κ2) is 5.17. The molecule has 2 aromatic carbocycles. The Morgan fingerprint density at radius 3 is 2.60 bits per heavy atom. The van der Waals surface area contributed by atoms with Gasteiger partial charge in [0.1, 0.15) is 0 Å². The van der Waals surface area contributed by atoms with E-state index >= 15 is 0 Å². The molecule has 0 aliphatic rings. The molecule has 20 heavy (non-hydrogen) atoms. The van der Waals surface area contributed by atoms with E-state index in [1.54, 1.807) is 0 Å². The van der Waals surface area contributed by atoms with Gasteiger partial charge in [-0.05, 0) is 65.6 Å². The third-order valence-corrected chi connectivity index (χ3v) is 4.69. The highest BCUT2D eigenvalue weighted by atomic mass is 32.1. The second-order valence-electron chi connectivity index (χ2n) is 5.12. The van der Waals surface area contributed by atoms with Gasteiger partial charge in [0.25, 0.3) is 0 Å². The molecular weight excluding hydrogens is 264 g/mol. The van der Waals surface area contributed by atoms with Crippen LogP contribution in [-0.2, 0) is 6.54 Å². The van der Waals surface area contributed by atoms with Gasteiger partial charge in [-0.3, -0.25) is 0 Å². The molecule has 1 heterocycles. The van der Waals surface area contributed by atoms with E-state index in [2.05, 4.69) is 48.8 Å². The third-order valence-electron chi connectivity index (χ3n) is 3.66. The fourth-order valence-corrected chi connectivity index (χ4v) is 3.43. The molecule has 3 heteroatoms. The lowest BCUT2D eigenvalue weighted by molar-refractivity contribution is 1.14. The summed E-state index contributed by atoms with van der Waals surface area (Å²) < 4.78 is 1.38. The molecule has 1 aromatic heterocycles. The van der Waals surface area contributed by atoms with Crippen LogP contribution in [0.2, 0.25) is 0 Å². The Morgan fingerprint density at radius 2 is 1.85 bits per heavy atom. The largest absolute Gasteiger partial charge is 0.399 e. The highest BCUT2D eigenvalue weighted by Crippen LogP contribution is 2.32. The minimum Gasteiger partial charge on any atom is -0.399 e. The fourth-order valence-electron chi connectivity index (χ4n) is 2.45. The van der Waals surface area contributed by atoms with E-state index in [9.17, 15) is 0 Å². The first-order chi connectivity index (χ1) is 9.65. The van der Waals surface area contributed by atoms with Gasteiger partial charge in [0.2, 0.25) is 0 Å². The van der Waals surface area contributed by atoms with Crippen molar-refractivity contribution in [2.24, 2.45) is 0 Å². The number of hydrogen-bond donors (Lipinski definition) is 2. The number of rotatable bonds is 3. The molecule has 0 aliphatic carbocycles. The van der Waals surface area contributed by atoms with Gasteiger partial charge in [0, 0.05) is 22.6 Å². The predicted molar refractivity (Wildman–Crippen MR) is 89.5 cm³/mol. The van der Waals surface area contributed by atoms with Crippen molar-refractivity contribution in [2.45, 2.75) is 20.4 Å².